The summed E-state index contributed by atoms with van der Waals surface area (Å²) in [5.74, 6) is 1.61. The van der Waals surface area contributed by atoms with Crippen LogP contribution in [0.5, 0.6) is 0 Å². The van der Waals surface area contributed by atoms with Crippen LogP contribution in [0.15, 0.2) is 23.1 Å². The predicted octanol–water partition coefficient (Wildman–Crippen LogP) is 6.60. The molecule has 0 unspecified atom stereocenters. The molecule has 28 heavy (non-hydrogen) atoms. The Kier molecular flexibility index (Phi) is 11.5. The predicted molar refractivity (Wildman–Crippen MR) is 107 cm³/mol. The maximum Gasteiger partial charge on any atom is 0.394 e. The van der Waals surface area contributed by atoms with E-state index in [-0.39, 0.29) is 0 Å². The van der Waals surface area contributed by atoms with E-state index in [9.17, 15) is 13.2 Å². The summed E-state index contributed by atoms with van der Waals surface area (Å²) in [4.78, 5) is 1.26. The van der Waals surface area contributed by atoms with E-state index in [0.29, 0.717) is 0 Å². The van der Waals surface area contributed by atoms with Crippen molar-refractivity contribution >= 4 is 23.0 Å². The third-order valence-electron chi connectivity index (χ3n) is 5.18. The summed E-state index contributed by atoms with van der Waals surface area (Å²) in [6.07, 6.45) is 14.1. The molecule has 4 nitrogen and oxygen atoms in total. The molecule has 1 aromatic carbocycles. The summed E-state index contributed by atoms with van der Waals surface area (Å²) in [6.45, 7) is -3.67. The van der Waals surface area contributed by atoms with Crippen molar-refractivity contribution < 1.29 is 30.7 Å². The van der Waals surface area contributed by atoms with Gasteiger partial charge in [0.1, 0.15) is 0 Å². The number of hydrogen-bond donors (Lipinski definition) is 3. The molecule has 0 aliphatic heterocycles. The highest BCUT2D eigenvalue weighted by atomic mass is 32.3. The van der Waals surface area contributed by atoms with E-state index in [0.717, 1.165) is 11.8 Å². The molecule has 2 fully saturated rings. The van der Waals surface area contributed by atoms with Crippen LogP contribution in [0, 0.1) is 0 Å². The minimum absolute atomic E-state index is 0.791. The number of rotatable bonds is 2. The van der Waals surface area contributed by atoms with Gasteiger partial charge < -0.3 is 0 Å². The maximum atomic E-state index is 9.67. The van der Waals surface area contributed by atoms with E-state index >= 15 is 0 Å². The van der Waals surface area contributed by atoms with Gasteiger partial charge in [0, 0.05) is 4.90 Å². The van der Waals surface area contributed by atoms with E-state index < -0.39 is 17.1 Å². The van der Waals surface area contributed by atoms with Gasteiger partial charge in [0.25, 0.3) is 0 Å². The van der Waals surface area contributed by atoms with Crippen LogP contribution in [0.2, 0.25) is 0 Å². The topological polar surface area (TPSA) is 74.6 Å². The Balaban J connectivity index is 0.000000369. The van der Waals surface area contributed by atoms with E-state index in [2.05, 4.69) is 18.2 Å². The normalized spacial score (nSPS) is 18.7. The summed E-state index contributed by atoms with van der Waals surface area (Å²) in [5, 5.41) is 0. The first-order valence-electron chi connectivity index (χ1n) is 9.53. The lowest BCUT2D eigenvalue weighted by molar-refractivity contribution is 0.00818. The summed E-state index contributed by atoms with van der Waals surface area (Å²) < 4.78 is 60.6. The molecule has 0 radical (unpaired) electrons. The fourth-order valence-electron chi connectivity index (χ4n) is 4.18. The first-order chi connectivity index (χ1) is 13.1. The molecule has 0 bridgehead atoms. The molecule has 3 rings (SSSR count). The zero-order valence-corrected chi connectivity index (χ0v) is 17.4. The second kappa shape index (κ2) is 12.7. The fraction of sp³-hybridized carbons (Fsp3) is 0.684. The Morgan fingerprint density at radius 1 is 0.857 bits per heavy atom. The molecule has 2 saturated carbocycles. The molecule has 2 N–H and O–H groups in total. The minimum atomic E-state index is -4.67. The van der Waals surface area contributed by atoms with E-state index in [1.54, 1.807) is 11.1 Å². The highest BCUT2D eigenvalue weighted by Gasteiger charge is 2.25. The van der Waals surface area contributed by atoms with Gasteiger partial charge >= 0.3 is 17.1 Å². The average molecular weight is 443 g/mol. The van der Waals surface area contributed by atoms with Crippen LogP contribution in [0.4, 0.5) is 13.2 Å². The quantitative estimate of drug-likeness (QED) is 0.356. The van der Waals surface area contributed by atoms with Crippen LogP contribution in [0.1, 0.15) is 87.2 Å². The molecule has 2 aliphatic carbocycles. The van der Waals surface area contributed by atoms with Crippen LogP contribution in [-0.2, 0) is 10.4 Å². The van der Waals surface area contributed by atoms with Crippen molar-refractivity contribution in [2.45, 2.75) is 87.6 Å². The lowest BCUT2D eigenvalue weighted by Crippen LogP contribution is -2.13. The average Bonchev–Trinajstić information content (AvgIpc) is 2.61. The second-order valence-electron chi connectivity index (χ2n) is 7.15. The Bertz CT molecular complexity index is 661. The smallest absolute Gasteiger partial charge is 0.264 e. The molecule has 0 heterocycles. The SMILES string of the molecule is FC(F)F.O=S(=O)(O)O.Sc1cccc(C2CCCCC2)c1C1CCCCC1. The lowest BCUT2D eigenvalue weighted by atomic mass is 9.76. The molecule has 0 amide bonds. The highest BCUT2D eigenvalue weighted by Crippen LogP contribution is 2.43. The number of halogens is 3. The first-order valence-corrected chi connectivity index (χ1v) is 11.4. The van der Waals surface area contributed by atoms with Crippen LogP contribution in [0.25, 0.3) is 0 Å². The Hall–Kier alpha value is -0.770. The van der Waals surface area contributed by atoms with Crippen molar-refractivity contribution in [1.29, 1.82) is 0 Å². The van der Waals surface area contributed by atoms with E-state index in [4.69, 9.17) is 30.2 Å². The van der Waals surface area contributed by atoms with Crippen molar-refractivity contribution in [3.8, 4) is 0 Å². The highest BCUT2D eigenvalue weighted by molar-refractivity contribution is 7.80. The van der Waals surface area contributed by atoms with Crippen LogP contribution < -0.4 is 0 Å². The van der Waals surface area contributed by atoms with Gasteiger partial charge in [-0.2, -0.15) is 21.6 Å². The number of hydrogen-bond acceptors (Lipinski definition) is 3. The van der Waals surface area contributed by atoms with Gasteiger partial charge in [-0.05, 0) is 54.7 Å². The molecule has 9 heteroatoms. The van der Waals surface area contributed by atoms with Gasteiger partial charge in [-0.3, -0.25) is 9.11 Å². The second-order valence-corrected chi connectivity index (χ2v) is 8.52. The van der Waals surface area contributed by atoms with Crippen LogP contribution >= 0.6 is 12.6 Å². The zero-order valence-electron chi connectivity index (χ0n) is 15.7. The number of benzene rings is 1. The van der Waals surface area contributed by atoms with Crippen LogP contribution in [0.3, 0.4) is 0 Å². The minimum Gasteiger partial charge on any atom is -0.264 e. The zero-order chi connectivity index (χ0) is 21.2. The fourth-order valence-corrected chi connectivity index (χ4v) is 4.57. The molecule has 162 valence electrons. The summed E-state index contributed by atoms with van der Waals surface area (Å²) in [5.41, 5.74) is 3.27. The first kappa shape index (κ1) is 25.3. The maximum absolute atomic E-state index is 9.67. The Morgan fingerprint density at radius 2 is 1.25 bits per heavy atom. The Morgan fingerprint density at radius 3 is 1.68 bits per heavy atom. The monoisotopic (exact) mass is 442 g/mol. The van der Waals surface area contributed by atoms with Gasteiger partial charge in [-0.15, -0.1) is 12.6 Å². The Labute approximate surface area is 170 Å². The van der Waals surface area contributed by atoms with E-state index in [1.807, 2.05) is 0 Å². The largest absolute Gasteiger partial charge is 0.394 e. The van der Waals surface area contributed by atoms with E-state index in [1.165, 1.54) is 69.1 Å². The van der Waals surface area contributed by atoms with Gasteiger partial charge in [-0.1, -0.05) is 50.7 Å². The van der Waals surface area contributed by atoms with Crippen molar-refractivity contribution in [1.82, 2.24) is 0 Å². The van der Waals surface area contributed by atoms with Gasteiger partial charge in [-0.25, -0.2) is 0 Å². The summed E-state index contributed by atoms with van der Waals surface area (Å²) >= 11 is 4.80. The van der Waals surface area contributed by atoms with Gasteiger partial charge in [0.05, 0.1) is 0 Å². The summed E-state index contributed by atoms with van der Waals surface area (Å²) in [7, 11) is -4.67. The molecule has 0 aromatic heterocycles. The third kappa shape index (κ3) is 10.7. The molecule has 1 aromatic rings. The third-order valence-corrected chi connectivity index (χ3v) is 5.57. The molecular weight excluding hydrogens is 413 g/mol. The van der Waals surface area contributed by atoms with Gasteiger partial charge in [0.15, 0.2) is 0 Å². The van der Waals surface area contributed by atoms with Crippen LogP contribution in [-0.4, -0.2) is 24.2 Å². The molecule has 0 spiro atoms. The molecular formula is C19H29F3O4S2. The summed E-state index contributed by atoms with van der Waals surface area (Å²) in [6, 6.07) is 6.83. The van der Waals surface area contributed by atoms with Crippen molar-refractivity contribution in [2.24, 2.45) is 0 Å². The van der Waals surface area contributed by atoms with Crippen molar-refractivity contribution in [3.05, 3.63) is 29.3 Å². The number of alkyl halides is 3. The molecule has 0 saturated heterocycles. The van der Waals surface area contributed by atoms with Crippen molar-refractivity contribution in [2.75, 3.05) is 0 Å². The van der Waals surface area contributed by atoms with Crippen molar-refractivity contribution in [3.63, 3.8) is 0 Å². The van der Waals surface area contributed by atoms with Gasteiger partial charge in [0.2, 0.25) is 0 Å². The number of thiol groups is 1. The standard InChI is InChI=1S/C18H26S.CHF3.H2O4S/c19-17-13-7-12-16(14-8-3-1-4-9-14)18(17)15-10-5-2-6-11-15;2-1(3)4;1-5(2,3)4/h7,12-15,19H,1-6,8-11H2;1H;(H2,1,2,3,4). The molecule has 0 atom stereocenters. The lowest BCUT2D eigenvalue weighted by Gasteiger charge is -2.30. The molecule has 2 aliphatic rings.